The van der Waals surface area contributed by atoms with E-state index in [1.807, 2.05) is 0 Å². The topological polar surface area (TPSA) is 63.6 Å². The molecule has 38 heavy (non-hydrogen) atoms. The molecule has 1 N–H and O–H groups in total. The Kier molecular flexibility index (Phi) is 6.68. The van der Waals surface area contributed by atoms with Crippen LogP contribution in [0.1, 0.15) is 112 Å². The Bertz CT molecular complexity index is 1040. The summed E-state index contributed by atoms with van der Waals surface area (Å²) in [5.41, 5.74) is -0.117. The summed E-state index contributed by atoms with van der Waals surface area (Å²) in [6, 6.07) is 0. The number of carboxylic acids is 1. The Labute approximate surface area is 230 Å². The summed E-state index contributed by atoms with van der Waals surface area (Å²) in [5.74, 6) is 3.93. The first-order chi connectivity index (χ1) is 17.8. The molecule has 0 radical (unpaired) electrons. The number of allylic oxidation sites excluding steroid dienone is 1. The van der Waals surface area contributed by atoms with Gasteiger partial charge in [0.15, 0.2) is 0 Å². The molecule has 0 aliphatic heterocycles. The first-order valence-electron chi connectivity index (χ1n) is 15.3. The molecule has 0 saturated heterocycles. The molecule has 0 unspecified atom stereocenters. The van der Waals surface area contributed by atoms with E-state index >= 15 is 0 Å². The van der Waals surface area contributed by atoms with Crippen LogP contribution in [0.25, 0.3) is 0 Å². The molecular formula is C34H50O4. The van der Waals surface area contributed by atoms with Gasteiger partial charge in [-0.3, -0.25) is 9.59 Å². The summed E-state index contributed by atoms with van der Waals surface area (Å²) in [7, 11) is 0. The van der Waals surface area contributed by atoms with Gasteiger partial charge in [0.1, 0.15) is 6.10 Å². The number of esters is 1. The first-order valence-corrected chi connectivity index (χ1v) is 15.3. The molecule has 5 saturated carbocycles. The Morgan fingerprint density at radius 2 is 1.68 bits per heavy atom. The van der Waals surface area contributed by atoms with Crippen molar-refractivity contribution in [1.82, 2.24) is 0 Å². The van der Waals surface area contributed by atoms with Gasteiger partial charge >= 0.3 is 11.9 Å². The van der Waals surface area contributed by atoms with Crippen LogP contribution < -0.4 is 0 Å². The molecule has 0 heterocycles. The van der Waals surface area contributed by atoms with Crippen LogP contribution in [0.5, 0.6) is 0 Å². The van der Waals surface area contributed by atoms with Crippen molar-refractivity contribution >= 4 is 11.9 Å². The second-order valence-corrected chi connectivity index (χ2v) is 15.1. The minimum absolute atomic E-state index is 0.0557. The largest absolute Gasteiger partial charge is 0.481 e. The number of hydrogen-bond acceptors (Lipinski definition) is 3. The number of carboxylic acid groups (broad SMARTS) is 1. The second kappa shape index (κ2) is 9.14. The van der Waals surface area contributed by atoms with E-state index in [0.717, 1.165) is 51.4 Å². The van der Waals surface area contributed by atoms with E-state index in [2.05, 4.69) is 53.2 Å². The van der Waals surface area contributed by atoms with Crippen LogP contribution in [0.3, 0.4) is 0 Å². The maximum absolute atomic E-state index is 12.8. The molecule has 4 heteroatoms. The average molecular weight is 523 g/mol. The highest BCUT2D eigenvalue weighted by Gasteiger charge is 2.72. The van der Waals surface area contributed by atoms with Crippen LogP contribution in [0.2, 0.25) is 0 Å². The van der Waals surface area contributed by atoms with Gasteiger partial charge in [0, 0.05) is 11.8 Å². The Balaban J connectivity index is 1.45. The molecule has 0 aromatic rings. The van der Waals surface area contributed by atoms with Crippen molar-refractivity contribution < 1.29 is 19.4 Å². The predicted molar refractivity (Wildman–Crippen MR) is 150 cm³/mol. The number of terminal acetylenes is 1. The van der Waals surface area contributed by atoms with Gasteiger partial charge in [-0.25, -0.2) is 0 Å². The van der Waals surface area contributed by atoms with Gasteiger partial charge in [-0.15, -0.1) is 18.9 Å². The fourth-order valence-corrected chi connectivity index (χ4v) is 11.9. The smallest absolute Gasteiger partial charge is 0.309 e. The third kappa shape index (κ3) is 3.55. The zero-order chi connectivity index (χ0) is 27.7. The van der Waals surface area contributed by atoms with Gasteiger partial charge in [-0.1, -0.05) is 40.7 Å². The van der Waals surface area contributed by atoms with Crippen molar-refractivity contribution in [2.75, 3.05) is 0 Å². The van der Waals surface area contributed by atoms with Crippen LogP contribution in [-0.4, -0.2) is 23.1 Å². The first kappa shape index (κ1) is 27.8. The molecule has 210 valence electrons. The molecular weight excluding hydrogens is 472 g/mol. The van der Waals surface area contributed by atoms with E-state index < -0.39 is 11.4 Å². The number of carbonyl (C=O) groups excluding carboxylic acids is 1. The Hall–Kier alpha value is -1.76. The fraction of sp³-hybridized carbons (Fsp3) is 0.824. The van der Waals surface area contributed by atoms with Crippen molar-refractivity contribution in [2.45, 2.75) is 118 Å². The number of rotatable bonds is 5. The molecule has 4 nitrogen and oxygen atoms in total. The van der Waals surface area contributed by atoms with Crippen molar-refractivity contribution in [3.63, 3.8) is 0 Å². The maximum atomic E-state index is 12.8. The summed E-state index contributed by atoms with van der Waals surface area (Å²) < 4.78 is 6.08. The molecule has 10 atom stereocenters. The molecule has 5 aliphatic carbocycles. The summed E-state index contributed by atoms with van der Waals surface area (Å²) in [6.07, 6.45) is 18.4. The molecule has 0 amide bonds. The Morgan fingerprint density at radius 1 is 0.947 bits per heavy atom. The summed E-state index contributed by atoms with van der Waals surface area (Å²) in [5, 5.41) is 10.5. The number of hydrogen-bond donors (Lipinski definition) is 1. The zero-order valence-electron chi connectivity index (χ0n) is 24.5. The standard InChI is InChI=1S/C34H50O4/c1-8-10-11-27(35)38-26-16-17-31(5)24(30(26,3)4)15-18-33(7)25(31)13-12-23-28-22(9-2)14-19-34(28,29(36)37)21-20-32(23,33)6/h1,9,22-26,28H,2,10-21H2,3-7H3,(H,36,37)/t22-,23-,24+,25-,26+,28-,31+,32-,33-,34+/m1/s1. The lowest BCUT2D eigenvalue weighted by atomic mass is 9.32. The molecule has 0 aromatic heterocycles. The van der Waals surface area contributed by atoms with Gasteiger partial charge in [0.2, 0.25) is 0 Å². The van der Waals surface area contributed by atoms with Gasteiger partial charge in [-0.2, -0.15) is 0 Å². The average Bonchev–Trinajstić information content (AvgIpc) is 3.25. The third-order valence-electron chi connectivity index (χ3n) is 13.9. The minimum Gasteiger partial charge on any atom is -0.481 e. The van der Waals surface area contributed by atoms with Crippen LogP contribution in [0, 0.1) is 69.0 Å². The van der Waals surface area contributed by atoms with Crippen LogP contribution in [0.4, 0.5) is 0 Å². The van der Waals surface area contributed by atoms with E-state index in [1.165, 1.54) is 12.8 Å². The molecule has 0 bridgehead atoms. The van der Waals surface area contributed by atoms with Crippen LogP contribution in [0.15, 0.2) is 12.7 Å². The summed E-state index contributed by atoms with van der Waals surface area (Å²) in [4.78, 5) is 25.3. The molecule has 5 rings (SSSR count). The molecule has 0 spiro atoms. The number of fused-ring (bicyclic) bond motifs is 7. The predicted octanol–water partition coefficient (Wildman–Crippen LogP) is 7.66. The highest BCUT2D eigenvalue weighted by atomic mass is 16.5. The second-order valence-electron chi connectivity index (χ2n) is 15.1. The van der Waals surface area contributed by atoms with Crippen LogP contribution >= 0.6 is 0 Å². The maximum Gasteiger partial charge on any atom is 0.309 e. The van der Waals surface area contributed by atoms with Crippen molar-refractivity contribution in [2.24, 2.45) is 56.7 Å². The third-order valence-corrected chi connectivity index (χ3v) is 13.9. The van der Waals surface area contributed by atoms with E-state index in [0.29, 0.717) is 36.5 Å². The van der Waals surface area contributed by atoms with Gasteiger partial charge in [-0.05, 0) is 110 Å². The lowest BCUT2D eigenvalue weighted by molar-refractivity contribution is -0.250. The molecule has 5 aliphatic rings. The quantitative estimate of drug-likeness (QED) is 0.229. The number of ether oxygens (including phenoxy) is 1. The highest BCUT2D eigenvalue weighted by molar-refractivity contribution is 5.76. The summed E-state index contributed by atoms with van der Waals surface area (Å²) in [6.45, 7) is 16.5. The van der Waals surface area contributed by atoms with Crippen LogP contribution in [-0.2, 0) is 14.3 Å². The lowest BCUT2D eigenvalue weighted by Gasteiger charge is -2.72. The molecule has 0 aromatic carbocycles. The lowest BCUT2D eigenvalue weighted by Crippen LogP contribution is -2.67. The van der Waals surface area contributed by atoms with E-state index in [4.69, 9.17) is 11.2 Å². The SMILES string of the molecule is C#CCCC(=O)O[C@H]1CC[C@]2(C)[C@H]3CC[C@@H]4[C@H]5[C@H](C=C)CC[C@]5(C(=O)O)CC[C@@]4(C)[C@]3(C)CC[C@H]2C1(C)C. The van der Waals surface area contributed by atoms with Crippen molar-refractivity contribution in [1.29, 1.82) is 0 Å². The number of carbonyl (C=O) groups is 2. The highest BCUT2D eigenvalue weighted by Crippen LogP contribution is 2.77. The molecule has 5 fully saturated rings. The monoisotopic (exact) mass is 522 g/mol. The van der Waals surface area contributed by atoms with Crippen molar-refractivity contribution in [3.8, 4) is 12.3 Å². The van der Waals surface area contributed by atoms with Gasteiger partial charge in [0.05, 0.1) is 11.8 Å². The minimum atomic E-state index is -0.561. The van der Waals surface area contributed by atoms with E-state index in [9.17, 15) is 14.7 Å². The Morgan fingerprint density at radius 3 is 2.34 bits per heavy atom. The zero-order valence-corrected chi connectivity index (χ0v) is 24.5. The summed E-state index contributed by atoms with van der Waals surface area (Å²) >= 11 is 0. The fourth-order valence-electron chi connectivity index (χ4n) is 11.9. The van der Waals surface area contributed by atoms with Crippen molar-refractivity contribution in [3.05, 3.63) is 12.7 Å². The van der Waals surface area contributed by atoms with E-state index in [-0.39, 0.29) is 39.7 Å². The normalized spacial score (nSPS) is 48.8. The number of aliphatic carboxylic acids is 1. The van der Waals surface area contributed by atoms with Gasteiger partial charge < -0.3 is 9.84 Å². The van der Waals surface area contributed by atoms with E-state index in [1.54, 1.807) is 0 Å². The van der Waals surface area contributed by atoms with Gasteiger partial charge in [0.25, 0.3) is 0 Å².